The second kappa shape index (κ2) is 13.7. The van der Waals surface area contributed by atoms with Crippen molar-refractivity contribution in [1.82, 2.24) is 14.7 Å². The first-order valence-electron chi connectivity index (χ1n) is 15.0. The van der Waals surface area contributed by atoms with Crippen LogP contribution in [0, 0.1) is 20.2 Å². The van der Waals surface area contributed by atoms with E-state index in [1.807, 2.05) is 11.5 Å². The molecule has 224 valence electrons. The Morgan fingerprint density at radius 2 is 2.00 bits per heavy atom. The first kappa shape index (κ1) is 30.9. The largest absolute Gasteiger partial charge is 0.415 e. The van der Waals surface area contributed by atoms with E-state index >= 15 is 0 Å². The summed E-state index contributed by atoms with van der Waals surface area (Å²) in [7, 11) is 0. The van der Waals surface area contributed by atoms with Gasteiger partial charge in [-0.1, -0.05) is 31.3 Å². The number of fused-ring (bicyclic) bond motifs is 2. The number of ether oxygens (including phenoxy) is 1. The summed E-state index contributed by atoms with van der Waals surface area (Å²) in [5.74, 6) is 0.597. The van der Waals surface area contributed by atoms with E-state index < -0.39 is 0 Å². The normalized spacial score (nSPS) is 20.4. The molecule has 0 bridgehead atoms. The first-order valence-corrected chi connectivity index (χ1v) is 15.0. The topological polar surface area (TPSA) is 87.2 Å². The molecule has 2 aromatic heterocycles. The number of hydrogen-bond acceptors (Lipinski definition) is 6. The number of halogens is 1. The Labute approximate surface area is 242 Å². The molecule has 0 N–H and O–H groups in total. The molecule has 8 nitrogen and oxygen atoms in total. The summed E-state index contributed by atoms with van der Waals surface area (Å²) in [6, 6.07) is 4.56. The fraction of sp³-hybridized carbons (Fsp3) is 0.594. The SMILES string of the molecule is CCCCCCC(=O)OC[N+]1(CCc2c(C)nc3n(c2=O)CCCC3)CCC(c2noc3cc(F)ccc23)CC1.[CH3-]. The van der Waals surface area contributed by atoms with E-state index in [-0.39, 0.29) is 30.7 Å². The molecule has 41 heavy (non-hydrogen) atoms. The van der Waals surface area contributed by atoms with Gasteiger partial charge in [0, 0.05) is 67.3 Å². The van der Waals surface area contributed by atoms with Crippen molar-refractivity contribution in [3.05, 3.63) is 64.6 Å². The number of quaternary nitrogens is 1. The number of rotatable bonds is 11. The number of esters is 1. The molecule has 5 rings (SSSR count). The van der Waals surface area contributed by atoms with Crippen LogP contribution in [-0.4, -0.2) is 51.5 Å². The Bertz CT molecular complexity index is 1390. The molecule has 0 amide bonds. The van der Waals surface area contributed by atoms with E-state index in [9.17, 15) is 14.0 Å². The van der Waals surface area contributed by atoms with Crippen LogP contribution in [0.1, 0.15) is 93.4 Å². The Kier molecular flexibility index (Phi) is 10.3. The lowest BCUT2D eigenvalue weighted by atomic mass is 9.90. The number of benzene rings is 1. The highest BCUT2D eigenvalue weighted by Crippen LogP contribution is 2.35. The van der Waals surface area contributed by atoms with Crippen molar-refractivity contribution in [1.29, 1.82) is 0 Å². The first-order chi connectivity index (χ1) is 19.4. The van der Waals surface area contributed by atoms with Gasteiger partial charge < -0.3 is 16.7 Å². The fourth-order valence-corrected chi connectivity index (χ4v) is 6.38. The van der Waals surface area contributed by atoms with Crippen LogP contribution in [0.4, 0.5) is 4.39 Å². The van der Waals surface area contributed by atoms with E-state index in [2.05, 4.69) is 12.1 Å². The lowest BCUT2D eigenvalue weighted by Crippen LogP contribution is -2.55. The molecule has 0 saturated carbocycles. The van der Waals surface area contributed by atoms with E-state index in [1.165, 1.54) is 12.1 Å². The lowest BCUT2D eigenvalue weighted by Gasteiger charge is -2.42. The molecule has 2 aliphatic heterocycles. The summed E-state index contributed by atoms with van der Waals surface area (Å²) < 4.78 is 27.5. The van der Waals surface area contributed by atoms with E-state index in [4.69, 9.17) is 14.2 Å². The summed E-state index contributed by atoms with van der Waals surface area (Å²) >= 11 is 0. The van der Waals surface area contributed by atoms with Crippen molar-refractivity contribution in [2.24, 2.45) is 0 Å². The molecular weight excluding hydrogens is 523 g/mol. The number of unbranched alkanes of at least 4 members (excludes halogenated alkanes) is 3. The maximum absolute atomic E-state index is 13.7. The summed E-state index contributed by atoms with van der Waals surface area (Å²) in [5.41, 5.74) is 3.02. The van der Waals surface area contributed by atoms with Gasteiger partial charge in [0.05, 0.1) is 25.3 Å². The number of piperidine rings is 1. The van der Waals surface area contributed by atoms with Crippen LogP contribution in [0.5, 0.6) is 0 Å². The average Bonchev–Trinajstić information content (AvgIpc) is 3.37. The maximum atomic E-state index is 13.7. The molecule has 0 unspecified atom stereocenters. The van der Waals surface area contributed by atoms with Crippen molar-refractivity contribution in [3.8, 4) is 0 Å². The highest BCUT2D eigenvalue weighted by atomic mass is 19.1. The van der Waals surface area contributed by atoms with Crippen molar-refractivity contribution in [2.75, 3.05) is 26.4 Å². The maximum Gasteiger partial charge on any atom is 0.310 e. The Balaban J connectivity index is 0.00000387. The van der Waals surface area contributed by atoms with Gasteiger partial charge in [-0.15, -0.1) is 0 Å². The van der Waals surface area contributed by atoms with Crippen molar-refractivity contribution in [3.63, 3.8) is 0 Å². The smallest absolute Gasteiger partial charge is 0.310 e. The van der Waals surface area contributed by atoms with Crippen LogP contribution in [0.15, 0.2) is 27.5 Å². The Hall–Kier alpha value is -3.07. The predicted molar refractivity (Wildman–Crippen MR) is 157 cm³/mol. The molecule has 0 aliphatic carbocycles. The number of likely N-dealkylation sites (tertiary alicyclic amines) is 1. The molecular formula is C32H45FN4O4. The number of nitrogens with zero attached hydrogens (tertiary/aromatic N) is 4. The zero-order valence-electron chi connectivity index (χ0n) is 24.9. The zero-order chi connectivity index (χ0) is 28.1. The van der Waals surface area contributed by atoms with E-state index in [0.29, 0.717) is 36.2 Å². The summed E-state index contributed by atoms with van der Waals surface area (Å²) in [6.07, 6.45) is 9.81. The molecule has 1 fully saturated rings. The van der Waals surface area contributed by atoms with Crippen LogP contribution in [0.3, 0.4) is 0 Å². The summed E-state index contributed by atoms with van der Waals surface area (Å²) in [5, 5.41) is 5.16. The number of carbonyl (C=O) groups is 1. The Morgan fingerprint density at radius 1 is 1.20 bits per heavy atom. The summed E-state index contributed by atoms with van der Waals surface area (Å²) in [6.45, 7) is 7.44. The van der Waals surface area contributed by atoms with Crippen LogP contribution < -0.4 is 5.56 Å². The fourth-order valence-electron chi connectivity index (χ4n) is 6.38. The van der Waals surface area contributed by atoms with E-state index in [0.717, 1.165) is 106 Å². The predicted octanol–water partition coefficient (Wildman–Crippen LogP) is 6.03. The molecule has 2 aliphatic rings. The molecule has 1 saturated heterocycles. The van der Waals surface area contributed by atoms with Crippen LogP contribution in [-0.2, 0) is 28.9 Å². The molecule has 3 aromatic rings. The second-order valence-corrected chi connectivity index (χ2v) is 11.7. The lowest BCUT2D eigenvalue weighted by molar-refractivity contribution is -0.948. The van der Waals surface area contributed by atoms with Crippen molar-refractivity contribution < 1.29 is 22.9 Å². The van der Waals surface area contributed by atoms with Gasteiger partial charge in [-0.05, 0) is 38.3 Å². The van der Waals surface area contributed by atoms with Crippen molar-refractivity contribution in [2.45, 2.75) is 96.9 Å². The van der Waals surface area contributed by atoms with Gasteiger partial charge in [-0.2, -0.15) is 0 Å². The second-order valence-electron chi connectivity index (χ2n) is 11.7. The summed E-state index contributed by atoms with van der Waals surface area (Å²) in [4.78, 5) is 30.8. The number of carbonyl (C=O) groups excluding carboxylic acids is 1. The monoisotopic (exact) mass is 568 g/mol. The van der Waals surface area contributed by atoms with Gasteiger partial charge in [0.25, 0.3) is 5.56 Å². The quantitative estimate of drug-likeness (QED) is 0.122. The average molecular weight is 569 g/mol. The van der Waals surface area contributed by atoms with Crippen LogP contribution in [0.2, 0.25) is 0 Å². The van der Waals surface area contributed by atoms with Gasteiger partial charge >= 0.3 is 5.97 Å². The minimum atomic E-state index is -0.339. The third-order valence-electron chi connectivity index (χ3n) is 8.90. The molecule has 9 heteroatoms. The number of aryl methyl sites for hydroxylation is 2. The van der Waals surface area contributed by atoms with E-state index in [1.54, 1.807) is 6.07 Å². The standard InChI is InChI=1S/C31H42FN4O4.CH3/c1-3-4-5-6-10-29(37)39-21-36(19-15-25-22(2)33-28-9-7-8-16-35(28)31(25)38)17-13-23(14-18-36)30-26-12-11-24(32)20-27(26)40-34-30;/h11-12,20,23H,3-10,13-19,21H2,1-2H3;1H3/q+1;-1. The minimum absolute atomic E-state index is 0. The molecule has 1 aromatic carbocycles. The minimum Gasteiger partial charge on any atom is -0.415 e. The van der Waals surface area contributed by atoms with Gasteiger partial charge in [0.2, 0.25) is 6.73 Å². The zero-order valence-corrected chi connectivity index (χ0v) is 24.9. The molecule has 0 atom stereocenters. The third kappa shape index (κ3) is 7.05. The molecule has 4 heterocycles. The van der Waals surface area contributed by atoms with Gasteiger partial charge in [-0.25, -0.2) is 9.37 Å². The molecule has 0 spiro atoms. The van der Waals surface area contributed by atoms with Gasteiger partial charge in [-0.3, -0.25) is 18.6 Å². The van der Waals surface area contributed by atoms with Crippen LogP contribution >= 0.6 is 0 Å². The number of aromatic nitrogens is 3. The third-order valence-corrected chi connectivity index (χ3v) is 8.90. The van der Waals surface area contributed by atoms with Crippen LogP contribution in [0.25, 0.3) is 11.0 Å². The van der Waals surface area contributed by atoms with Gasteiger partial charge in [0.1, 0.15) is 11.6 Å². The van der Waals surface area contributed by atoms with Crippen molar-refractivity contribution >= 4 is 16.9 Å². The number of hydrogen-bond donors (Lipinski definition) is 0. The highest BCUT2D eigenvalue weighted by Gasteiger charge is 2.37. The van der Waals surface area contributed by atoms with Gasteiger partial charge in [0.15, 0.2) is 5.58 Å². The highest BCUT2D eigenvalue weighted by molar-refractivity contribution is 5.79. The molecule has 0 radical (unpaired) electrons. The Morgan fingerprint density at radius 3 is 2.78 bits per heavy atom.